The van der Waals surface area contributed by atoms with Gasteiger partial charge in [-0.2, -0.15) is 5.26 Å². The molecule has 124 valence electrons. The summed E-state index contributed by atoms with van der Waals surface area (Å²) in [5.74, 6) is 0.259. The normalized spacial score (nSPS) is 9.74. The fraction of sp³-hybridized carbons (Fsp3) is 0.438. The van der Waals surface area contributed by atoms with Gasteiger partial charge >= 0.3 is 0 Å². The van der Waals surface area contributed by atoms with Gasteiger partial charge in [-0.15, -0.1) is 0 Å². The van der Waals surface area contributed by atoms with Crippen molar-refractivity contribution in [3.8, 4) is 11.8 Å². The van der Waals surface area contributed by atoms with Crippen LogP contribution in [0.2, 0.25) is 5.02 Å². The zero-order chi connectivity index (χ0) is 16.9. The molecule has 0 aliphatic rings. The number of benzene rings is 1. The molecule has 0 spiro atoms. The summed E-state index contributed by atoms with van der Waals surface area (Å²) in [6.45, 7) is 1.34. The minimum Gasteiger partial charge on any atom is -0.492 e. The molecule has 2 N–H and O–H groups in total. The number of amides is 2. The summed E-state index contributed by atoms with van der Waals surface area (Å²) in [6.07, 6.45) is 1.44. The van der Waals surface area contributed by atoms with Crippen LogP contribution in [0.1, 0.15) is 25.7 Å². The van der Waals surface area contributed by atoms with E-state index in [-0.39, 0.29) is 18.2 Å². The number of halogens is 1. The van der Waals surface area contributed by atoms with Gasteiger partial charge in [0, 0.05) is 19.5 Å². The van der Waals surface area contributed by atoms with E-state index in [0.29, 0.717) is 49.7 Å². The number of hydrogen-bond acceptors (Lipinski definition) is 4. The van der Waals surface area contributed by atoms with E-state index < -0.39 is 0 Å². The molecule has 1 aromatic rings. The van der Waals surface area contributed by atoms with Gasteiger partial charge in [0.05, 0.1) is 17.7 Å². The molecule has 23 heavy (non-hydrogen) atoms. The van der Waals surface area contributed by atoms with E-state index in [1.165, 1.54) is 0 Å². The maximum Gasteiger partial charge on any atom is 0.234 e. The molecular formula is C16H20ClN3O3. The molecule has 0 aliphatic carbocycles. The lowest BCUT2D eigenvalue weighted by Crippen LogP contribution is -2.29. The number of para-hydroxylation sites is 1. The standard InChI is InChI=1S/C16H20ClN3O3/c17-13-5-1-2-6-14(13)23-12-3-7-15(21)19-10-4-11-20-16(22)8-9-18/h1-2,5-6H,3-4,7-8,10-12H2,(H,19,21)(H,20,22). The molecule has 0 aliphatic heterocycles. The molecule has 2 amide bonds. The molecule has 0 saturated heterocycles. The van der Waals surface area contributed by atoms with Crippen LogP contribution in [0.3, 0.4) is 0 Å². The Morgan fingerprint density at radius 1 is 1.13 bits per heavy atom. The highest BCUT2D eigenvalue weighted by molar-refractivity contribution is 6.32. The van der Waals surface area contributed by atoms with Crippen LogP contribution in [0, 0.1) is 11.3 Å². The predicted molar refractivity (Wildman–Crippen MR) is 87.0 cm³/mol. The second-order valence-electron chi connectivity index (χ2n) is 4.77. The van der Waals surface area contributed by atoms with Gasteiger partial charge in [0.15, 0.2) is 0 Å². The molecule has 6 nitrogen and oxygen atoms in total. The number of carbonyl (C=O) groups excluding carboxylic acids is 2. The average Bonchev–Trinajstić information content (AvgIpc) is 2.53. The third kappa shape index (κ3) is 8.69. The van der Waals surface area contributed by atoms with Crippen LogP contribution < -0.4 is 15.4 Å². The number of hydrogen-bond donors (Lipinski definition) is 2. The minimum absolute atomic E-state index is 0.0592. The van der Waals surface area contributed by atoms with E-state index >= 15 is 0 Å². The predicted octanol–water partition coefficient (Wildman–Crippen LogP) is 2.04. The minimum atomic E-state index is -0.296. The van der Waals surface area contributed by atoms with Crippen LogP contribution in [0.5, 0.6) is 5.75 Å². The fourth-order valence-electron chi connectivity index (χ4n) is 1.74. The topological polar surface area (TPSA) is 91.2 Å². The van der Waals surface area contributed by atoms with E-state index in [2.05, 4.69) is 10.6 Å². The van der Waals surface area contributed by atoms with Crippen LogP contribution in [0.25, 0.3) is 0 Å². The Bertz CT molecular complexity index is 558. The van der Waals surface area contributed by atoms with Crippen molar-refractivity contribution in [3.63, 3.8) is 0 Å². The first-order valence-electron chi connectivity index (χ1n) is 7.41. The van der Waals surface area contributed by atoms with Crippen LogP contribution >= 0.6 is 11.6 Å². The third-order valence-electron chi connectivity index (χ3n) is 2.88. The maximum atomic E-state index is 11.6. The molecule has 1 aromatic carbocycles. The Kier molecular flexibility index (Phi) is 9.25. The van der Waals surface area contributed by atoms with Crippen molar-refractivity contribution in [1.82, 2.24) is 10.6 Å². The lowest BCUT2D eigenvalue weighted by Gasteiger charge is -2.08. The fourth-order valence-corrected chi connectivity index (χ4v) is 1.93. The summed E-state index contributed by atoms with van der Waals surface area (Å²) in [5, 5.41) is 14.2. The van der Waals surface area contributed by atoms with E-state index in [9.17, 15) is 9.59 Å². The highest BCUT2D eigenvalue weighted by Crippen LogP contribution is 2.23. The smallest absolute Gasteiger partial charge is 0.234 e. The molecule has 0 bridgehead atoms. The summed E-state index contributed by atoms with van der Waals surface area (Å²) in [4.78, 5) is 22.6. The third-order valence-corrected chi connectivity index (χ3v) is 3.19. The molecule has 0 heterocycles. The van der Waals surface area contributed by atoms with Crippen molar-refractivity contribution in [2.75, 3.05) is 19.7 Å². The Morgan fingerprint density at radius 3 is 2.52 bits per heavy atom. The Hall–Kier alpha value is -2.26. The molecule has 7 heteroatoms. The van der Waals surface area contributed by atoms with Crippen molar-refractivity contribution >= 4 is 23.4 Å². The lowest BCUT2D eigenvalue weighted by atomic mass is 10.3. The van der Waals surface area contributed by atoms with Crippen molar-refractivity contribution < 1.29 is 14.3 Å². The Labute approximate surface area is 140 Å². The number of carbonyl (C=O) groups is 2. The zero-order valence-corrected chi connectivity index (χ0v) is 13.6. The second-order valence-corrected chi connectivity index (χ2v) is 5.18. The van der Waals surface area contributed by atoms with Crippen LogP contribution in [-0.4, -0.2) is 31.5 Å². The lowest BCUT2D eigenvalue weighted by molar-refractivity contribution is -0.121. The highest BCUT2D eigenvalue weighted by atomic mass is 35.5. The van der Waals surface area contributed by atoms with Crippen molar-refractivity contribution in [3.05, 3.63) is 29.3 Å². The quantitative estimate of drug-likeness (QED) is 0.639. The summed E-state index contributed by atoms with van der Waals surface area (Å²) in [5.41, 5.74) is 0. The molecule has 0 fully saturated rings. The van der Waals surface area contributed by atoms with Crippen LogP contribution in [0.15, 0.2) is 24.3 Å². The average molecular weight is 338 g/mol. The number of ether oxygens (including phenoxy) is 1. The van der Waals surface area contributed by atoms with Gasteiger partial charge in [0.2, 0.25) is 11.8 Å². The van der Waals surface area contributed by atoms with Crippen LogP contribution in [0.4, 0.5) is 0 Å². The van der Waals surface area contributed by atoms with Gasteiger partial charge < -0.3 is 15.4 Å². The monoisotopic (exact) mass is 337 g/mol. The van der Waals surface area contributed by atoms with Gasteiger partial charge in [0.25, 0.3) is 0 Å². The molecule has 1 rings (SSSR count). The van der Waals surface area contributed by atoms with Gasteiger partial charge in [-0.25, -0.2) is 0 Å². The van der Waals surface area contributed by atoms with E-state index in [0.717, 1.165) is 0 Å². The molecule has 0 atom stereocenters. The van der Waals surface area contributed by atoms with E-state index in [4.69, 9.17) is 21.6 Å². The van der Waals surface area contributed by atoms with Crippen molar-refractivity contribution in [1.29, 1.82) is 5.26 Å². The summed E-state index contributed by atoms with van der Waals surface area (Å²) >= 11 is 5.95. The van der Waals surface area contributed by atoms with E-state index in [1.807, 2.05) is 12.1 Å². The second kappa shape index (κ2) is 11.3. The first-order valence-corrected chi connectivity index (χ1v) is 7.79. The largest absolute Gasteiger partial charge is 0.492 e. The Balaban J connectivity index is 2.01. The molecule has 0 aromatic heterocycles. The number of rotatable bonds is 10. The van der Waals surface area contributed by atoms with Crippen molar-refractivity contribution in [2.45, 2.75) is 25.7 Å². The van der Waals surface area contributed by atoms with Crippen molar-refractivity contribution in [2.24, 2.45) is 0 Å². The number of nitrogens with one attached hydrogen (secondary N) is 2. The van der Waals surface area contributed by atoms with Gasteiger partial charge in [0.1, 0.15) is 12.2 Å². The highest BCUT2D eigenvalue weighted by Gasteiger charge is 2.03. The zero-order valence-electron chi connectivity index (χ0n) is 12.8. The maximum absolute atomic E-state index is 11.6. The first kappa shape index (κ1) is 18.8. The Morgan fingerprint density at radius 2 is 1.83 bits per heavy atom. The molecule has 0 unspecified atom stereocenters. The van der Waals surface area contributed by atoms with Gasteiger partial charge in [-0.1, -0.05) is 23.7 Å². The van der Waals surface area contributed by atoms with E-state index in [1.54, 1.807) is 18.2 Å². The number of nitrogens with zero attached hydrogens (tertiary/aromatic N) is 1. The van der Waals surface area contributed by atoms with Crippen LogP contribution in [-0.2, 0) is 9.59 Å². The summed E-state index contributed by atoms with van der Waals surface area (Å²) in [7, 11) is 0. The van der Waals surface area contributed by atoms with Gasteiger partial charge in [-0.3, -0.25) is 9.59 Å². The first-order chi connectivity index (χ1) is 11.1. The molecule has 0 radical (unpaired) electrons. The SMILES string of the molecule is N#CCC(=O)NCCCNC(=O)CCCOc1ccccc1Cl. The summed E-state index contributed by atoms with van der Waals surface area (Å²) < 4.78 is 5.49. The summed E-state index contributed by atoms with van der Waals surface area (Å²) in [6, 6.07) is 8.96. The molecule has 0 saturated carbocycles. The number of nitriles is 1. The molecular weight excluding hydrogens is 318 g/mol. The van der Waals surface area contributed by atoms with Gasteiger partial charge in [-0.05, 0) is 25.0 Å².